The van der Waals surface area contributed by atoms with Crippen molar-refractivity contribution in [1.82, 2.24) is 14.3 Å². The molecule has 2 aliphatic rings. The van der Waals surface area contributed by atoms with E-state index >= 15 is 0 Å². The van der Waals surface area contributed by atoms with Crippen LogP contribution < -0.4 is 14.4 Å². The Morgan fingerprint density at radius 2 is 2.09 bits per heavy atom. The van der Waals surface area contributed by atoms with Gasteiger partial charge in [0.05, 0.1) is 13.7 Å². The Bertz CT molecular complexity index is 1000. The molecule has 0 N–H and O–H groups in total. The summed E-state index contributed by atoms with van der Waals surface area (Å²) in [5, 5.41) is 0.635. The van der Waals surface area contributed by atoms with Gasteiger partial charge in [-0.05, 0) is 43.4 Å². The summed E-state index contributed by atoms with van der Waals surface area (Å²) in [5.74, 6) is 2.74. The van der Waals surface area contributed by atoms with E-state index in [9.17, 15) is 9.59 Å². The summed E-state index contributed by atoms with van der Waals surface area (Å²) in [4.78, 5) is 34.1. The predicted octanol–water partition coefficient (Wildman–Crippen LogP) is 3.83. The summed E-state index contributed by atoms with van der Waals surface area (Å²) in [6.07, 6.45) is 2.64. The van der Waals surface area contributed by atoms with E-state index in [1.54, 1.807) is 16.9 Å². The van der Waals surface area contributed by atoms with Crippen molar-refractivity contribution >= 4 is 28.5 Å². The maximum Gasteiger partial charge on any atom is 0.248 e. The molecule has 1 aromatic carbocycles. The summed E-state index contributed by atoms with van der Waals surface area (Å²) < 4.78 is 15.5. The molecular weight excluding hydrogens is 440 g/mol. The van der Waals surface area contributed by atoms with Crippen molar-refractivity contribution in [2.24, 2.45) is 5.92 Å². The van der Waals surface area contributed by atoms with Gasteiger partial charge >= 0.3 is 0 Å². The molecule has 0 radical (unpaired) electrons. The molecule has 1 saturated carbocycles. The van der Waals surface area contributed by atoms with E-state index in [2.05, 4.69) is 9.36 Å². The average Bonchev–Trinajstić information content (AvgIpc) is 3.35. The van der Waals surface area contributed by atoms with Gasteiger partial charge in [-0.2, -0.15) is 4.37 Å². The Morgan fingerprint density at radius 3 is 2.73 bits per heavy atom. The first-order valence-corrected chi connectivity index (χ1v) is 12.4. The molecule has 2 amide bonds. The summed E-state index contributed by atoms with van der Waals surface area (Å²) >= 11 is 1.26. The van der Waals surface area contributed by atoms with Crippen LogP contribution in [0.3, 0.4) is 0 Å². The molecule has 4 rings (SSSR count). The highest BCUT2D eigenvalue weighted by Crippen LogP contribution is 2.36. The van der Waals surface area contributed by atoms with Crippen LogP contribution in [0.1, 0.15) is 63.3 Å². The maximum atomic E-state index is 13.3. The van der Waals surface area contributed by atoms with Gasteiger partial charge < -0.3 is 14.4 Å². The lowest BCUT2D eigenvalue weighted by Crippen LogP contribution is -2.42. The molecule has 2 fully saturated rings. The topological polar surface area (TPSA) is 84.9 Å². The van der Waals surface area contributed by atoms with Gasteiger partial charge in [0.15, 0.2) is 11.5 Å². The Morgan fingerprint density at radius 1 is 1.30 bits per heavy atom. The second-order valence-electron chi connectivity index (χ2n) is 9.06. The molecule has 1 atom stereocenters. The lowest BCUT2D eigenvalue weighted by atomic mass is 9.98. The van der Waals surface area contributed by atoms with Crippen molar-refractivity contribution < 1.29 is 19.1 Å². The van der Waals surface area contributed by atoms with Crippen LogP contribution in [0.2, 0.25) is 0 Å². The fourth-order valence-corrected chi connectivity index (χ4v) is 4.86. The van der Waals surface area contributed by atoms with Crippen LogP contribution in [0, 0.1) is 5.92 Å². The quantitative estimate of drug-likeness (QED) is 0.523. The number of aromatic nitrogens is 2. The minimum absolute atomic E-state index is 0.00590. The first-order chi connectivity index (χ1) is 15.9. The molecule has 1 unspecified atom stereocenters. The minimum Gasteiger partial charge on any atom is -0.493 e. The van der Waals surface area contributed by atoms with Gasteiger partial charge in [0.25, 0.3) is 0 Å². The molecule has 8 nitrogen and oxygen atoms in total. The van der Waals surface area contributed by atoms with Gasteiger partial charge in [-0.15, -0.1) is 0 Å². The van der Waals surface area contributed by atoms with Gasteiger partial charge in [-0.3, -0.25) is 14.5 Å². The first kappa shape index (κ1) is 23.5. The Hall–Kier alpha value is -2.68. The number of hydrogen-bond donors (Lipinski definition) is 0. The van der Waals surface area contributed by atoms with E-state index in [4.69, 9.17) is 9.47 Å². The third-order valence-electron chi connectivity index (χ3n) is 6.12. The van der Waals surface area contributed by atoms with Crippen LogP contribution in [0.4, 0.5) is 5.13 Å². The van der Waals surface area contributed by atoms with Crippen LogP contribution >= 0.6 is 11.5 Å². The normalized spacial score (nSPS) is 18.2. The number of rotatable bonds is 10. The van der Waals surface area contributed by atoms with Crippen LogP contribution in [0.25, 0.3) is 0 Å². The number of hydrogen-bond acceptors (Lipinski definition) is 7. The minimum atomic E-state index is -0.0907. The number of amides is 2. The van der Waals surface area contributed by atoms with E-state index in [1.165, 1.54) is 11.5 Å². The number of carbonyl (C=O) groups is 2. The number of likely N-dealkylation sites (tertiary alicyclic amines) is 1. The smallest absolute Gasteiger partial charge is 0.248 e. The lowest BCUT2D eigenvalue weighted by molar-refractivity contribution is -0.132. The highest BCUT2D eigenvalue weighted by atomic mass is 32.1. The number of methoxy groups -OCH3 is 1. The molecule has 1 aliphatic heterocycles. The molecule has 1 saturated heterocycles. The summed E-state index contributed by atoms with van der Waals surface area (Å²) in [6.45, 7) is 7.75. The monoisotopic (exact) mass is 472 g/mol. The number of benzene rings is 1. The summed E-state index contributed by atoms with van der Waals surface area (Å²) in [5.41, 5.74) is 1.02. The molecule has 9 heteroatoms. The first-order valence-electron chi connectivity index (χ1n) is 11.6. The summed E-state index contributed by atoms with van der Waals surface area (Å²) in [7, 11) is 1.61. The highest BCUT2D eigenvalue weighted by molar-refractivity contribution is 7.09. The predicted molar refractivity (Wildman–Crippen MR) is 127 cm³/mol. The van der Waals surface area contributed by atoms with Crippen LogP contribution in [-0.2, 0) is 9.59 Å². The fourth-order valence-electron chi connectivity index (χ4n) is 4.03. The van der Waals surface area contributed by atoms with Crippen LogP contribution in [0.15, 0.2) is 18.2 Å². The van der Waals surface area contributed by atoms with Crippen molar-refractivity contribution in [3.8, 4) is 11.5 Å². The second-order valence-corrected chi connectivity index (χ2v) is 9.79. The van der Waals surface area contributed by atoms with Crippen molar-refractivity contribution in [3.63, 3.8) is 0 Å². The SMILES string of the molecule is CCOc1cc(C2CC(=O)N(CC(=O)N(CC3CC3)c3nc(C(C)C)ns3)C2)ccc1OC. The number of nitrogens with zero attached hydrogens (tertiary/aromatic N) is 4. The average molecular weight is 473 g/mol. The molecule has 1 aliphatic carbocycles. The van der Waals surface area contributed by atoms with Crippen molar-refractivity contribution in [1.29, 1.82) is 0 Å². The van der Waals surface area contributed by atoms with E-state index < -0.39 is 0 Å². The third-order valence-corrected chi connectivity index (χ3v) is 6.87. The molecule has 0 bridgehead atoms. The van der Waals surface area contributed by atoms with Crippen molar-refractivity contribution in [2.45, 2.75) is 51.9 Å². The Labute approximate surface area is 199 Å². The number of ether oxygens (including phenoxy) is 2. The number of anilines is 1. The van der Waals surface area contributed by atoms with E-state index in [-0.39, 0.29) is 30.2 Å². The molecule has 2 aromatic rings. The molecular formula is C24H32N4O4S. The number of carbonyl (C=O) groups excluding carboxylic acids is 2. The van der Waals surface area contributed by atoms with Crippen molar-refractivity contribution in [3.05, 3.63) is 29.6 Å². The van der Waals surface area contributed by atoms with E-state index in [1.807, 2.05) is 39.0 Å². The zero-order chi connectivity index (χ0) is 23.5. The summed E-state index contributed by atoms with van der Waals surface area (Å²) in [6, 6.07) is 5.79. The van der Waals surface area contributed by atoms with Crippen LogP contribution in [-0.4, -0.2) is 59.4 Å². The van der Waals surface area contributed by atoms with E-state index in [0.29, 0.717) is 48.7 Å². The molecule has 0 spiro atoms. The Balaban J connectivity index is 1.46. The lowest BCUT2D eigenvalue weighted by Gasteiger charge is -2.23. The molecule has 178 valence electrons. The van der Waals surface area contributed by atoms with Gasteiger partial charge in [0.2, 0.25) is 16.9 Å². The van der Waals surface area contributed by atoms with Crippen LogP contribution in [0.5, 0.6) is 11.5 Å². The largest absolute Gasteiger partial charge is 0.493 e. The fraction of sp³-hybridized carbons (Fsp3) is 0.583. The molecule has 33 heavy (non-hydrogen) atoms. The zero-order valence-electron chi connectivity index (χ0n) is 19.7. The Kier molecular flexibility index (Phi) is 7.17. The second kappa shape index (κ2) is 10.1. The van der Waals surface area contributed by atoms with Gasteiger partial charge in [-0.25, -0.2) is 4.98 Å². The van der Waals surface area contributed by atoms with Gasteiger partial charge in [-0.1, -0.05) is 19.9 Å². The van der Waals surface area contributed by atoms with Crippen molar-refractivity contribution in [2.75, 3.05) is 38.3 Å². The maximum absolute atomic E-state index is 13.3. The standard InChI is InChI=1S/C24H32N4O4S/c1-5-32-20-10-17(8-9-19(20)31-4)18-11-21(29)27(13-18)14-22(30)28(12-16-6-7-16)24-25-23(15(2)3)26-33-24/h8-10,15-16,18H,5-7,11-14H2,1-4H3. The zero-order valence-corrected chi connectivity index (χ0v) is 20.6. The van der Waals surface area contributed by atoms with Gasteiger partial charge in [0, 0.05) is 42.9 Å². The highest BCUT2D eigenvalue weighted by Gasteiger charge is 2.35. The third kappa shape index (κ3) is 5.46. The molecule has 1 aromatic heterocycles. The van der Waals surface area contributed by atoms with Gasteiger partial charge in [0.1, 0.15) is 12.4 Å². The molecule has 2 heterocycles. The van der Waals surface area contributed by atoms with E-state index in [0.717, 1.165) is 24.2 Å².